The molecule has 0 amide bonds. The molecule has 0 fully saturated rings. The molecule has 1 atom stereocenters. The molecular formula is C17H12ClFN2O. The van der Waals surface area contributed by atoms with Crippen molar-refractivity contribution < 1.29 is 9.50 Å². The standard InChI is InChI=1S/C17H12ClFN2O/c18-15-9-5-4-8-13(15)17(22,12-6-2-1-3-7-12)14-10-20-11-21-16(14)19/h1-11,22H. The molecule has 0 saturated carbocycles. The van der Waals surface area contributed by atoms with Crippen LogP contribution in [0.25, 0.3) is 0 Å². The van der Waals surface area contributed by atoms with E-state index in [-0.39, 0.29) is 5.56 Å². The molecule has 1 unspecified atom stereocenters. The molecule has 0 saturated heterocycles. The quantitative estimate of drug-likeness (QED) is 0.752. The zero-order valence-corrected chi connectivity index (χ0v) is 12.2. The van der Waals surface area contributed by atoms with E-state index in [1.807, 2.05) is 6.07 Å². The van der Waals surface area contributed by atoms with E-state index in [9.17, 15) is 9.50 Å². The first-order valence-electron chi connectivity index (χ1n) is 6.63. The normalized spacial score (nSPS) is 13.6. The van der Waals surface area contributed by atoms with Crippen LogP contribution in [0.4, 0.5) is 4.39 Å². The Hall–Kier alpha value is -2.30. The third kappa shape index (κ3) is 2.36. The van der Waals surface area contributed by atoms with Crippen molar-refractivity contribution in [3.8, 4) is 0 Å². The number of rotatable bonds is 3. The van der Waals surface area contributed by atoms with Gasteiger partial charge in [-0.25, -0.2) is 9.97 Å². The van der Waals surface area contributed by atoms with Gasteiger partial charge in [0.2, 0.25) is 5.95 Å². The van der Waals surface area contributed by atoms with E-state index in [1.54, 1.807) is 48.5 Å². The molecule has 1 heterocycles. The highest BCUT2D eigenvalue weighted by Crippen LogP contribution is 2.40. The van der Waals surface area contributed by atoms with Gasteiger partial charge in [0.15, 0.2) is 0 Å². The Morgan fingerprint density at radius 1 is 0.955 bits per heavy atom. The highest BCUT2D eigenvalue weighted by molar-refractivity contribution is 6.31. The second kappa shape index (κ2) is 5.83. The number of halogens is 2. The van der Waals surface area contributed by atoms with Crippen molar-refractivity contribution in [2.24, 2.45) is 0 Å². The van der Waals surface area contributed by atoms with Gasteiger partial charge in [-0.15, -0.1) is 0 Å². The van der Waals surface area contributed by atoms with Crippen LogP contribution in [0.3, 0.4) is 0 Å². The topological polar surface area (TPSA) is 46.0 Å². The molecule has 110 valence electrons. The Kier molecular flexibility index (Phi) is 3.88. The van der Waals surface area contributed by atoms with Crippen LogP contribution in [-0.4, -0.2) is 15.1 Å². The summed E-state index contributed by atoms with van der Waals surface area (Å²) in [7, 11) is 0. The summed E-state index contributed by atoms with van der Waals surface area (Å²) in [6.45, 7) is 0. The van der Waals surface area contributed by atoms with Gasteiger partial charge in [0.05, 0.1) is 5.56 Å². The summed E-state index contributed by atoms with van der Waals surface area (Å²) in [5.41, 5.74) is -0.965. The molecule has 22 heavy (non-hydrogen) atoms. The fraction of sp³-hybridized carbons (Fsp3) is 0.0588. The Morgan fingerprint density at radius 2 is 1.64 bits per heavy atom. The van der Waals surface area contributed by atoms with Gasteiger partial charge < -0.3 is 5.11 Å². The van der Waals surface area contributed by atoms with Crippen molar-refractivity contribution in [1.82, 2.24) is 9.97 Å². The van der Waals surface area contributed by atoms with Gasteiger partial charge in [0, 0.05) is 16.8 Å². The first-order chi connectivity index (χ1) is 10.6. The van der Waals surface area contributed by atoms with Gasteiger partial charge >= 0.3 is 0 Å². The van der Waals surface area contributed by atoms with E-state index in [0.29, 0.717) is 16.1 Å². The van der Waals surface area contributed by atoms with Crippen molar-refractivity contribution in [2.45, 2.75) is 5.60 Å². The Bertz CT molecular complexity index is 750. The Balaban J connectivity index is 2.33. The summed E-state index contributed by atoms with van der Waals surface area (Å²) < 4.78 is 14.2. The third-order valence-corrected chi connectivity index (χ3v) is 3.84. The van der Waals surface area contributed by atoms with E-state index in [2.05, 4.69) is 9.97 Å². The summed E-state index contributed by atoms with van der Waals surface area (Å²) in [4.78, 5) is 7.38. The minimum atomic E-state index is -1.77. The molecule has 0 spiro atoms. The lowest BCUT2D eigenvalue weighted by Gasteiger charge is -2.30. The molecule has 0 bridgehead atoms. The van der Waals surface area contributed by atoms with E-state index >= 15 is 0 Å². The molecule has 0 radical (unpaired) electrons. The zero-order valence-electron chi connectivity index (χ0n) is 11.4. The predicted molar refractivity (Wildman–Crippen MR) is 82.0 cm³/mol. The minimum Gasteiger partial charge on any atom is -0.376 e. The van der Waals surface area contributed by atoms with Gasteiger partial charge in [-0.2, -0.15) is 4.39 Å². The maximum absolute atomic E-state index is 14.2. The molecule has 3 aromatic rings. The molecular weight excluding hydrogens is 303 g/mol. The monoisotopic (exact) mass is 314 g/mol. The zero-order chi connectivity index (χ0) is 15.6. The number of hydrogen-bond acceptors (Lipinski definition) is 3. The third-order valence-electron chi connectivity index (χ3n) is 3.51. The Morgan fingerprint density at radius 3 is 2.32 bits per heavy atom. The molecule has 3 rings (SSSR count). The second-order valence-corrected chi connectivity index (χ2v) is 5.19. The number of aliphatic hydroxyl groups is 1. The lowest BCUT2D eigenvalue weighted by Crippen LogP contribution is -2.31. The van der Waals surface area contributed by atoms with E-state index in [1.165, 1.54) is 6.20 Å². The molecule has 1 N–H and O–H groups in total. The fourth-order valence-corrected chi connectivity index (χ4v) is 2.72. The first-order valence-corrected chi connectivity index (χ1v) is 7.00. The largest absolute Gasteiger partial charge is 0.376 e. The fourth-order valence-electron chi connectivity index (χ4n) is 2.45. The molecule has 1 aromatic heterocycles. The van der Waals surface area contributed by atoms with Gasteiger partial charge in [0.25, 0.3) is 0 Å². The van der Waals surface area contributed by atoms with Crippen LogP contribution in [0.2, 0.25) is 5.02 Å². The minimum absolute atomic E-state index is 0.0469. The van der Waals surface area contributed by atoms with Gasteiger partial charge in [0.1, 0.15) is 11.9 Å². The SMILES string of the molecule is OC(c1ccccc1)(c1ccccc1Cl)c1cncnc1F. The summed E-state index contributed by atoms with van der Waals surface area (Å²) in [5.74, 6) is -0.790. The highest BCUT2D eigenvalue weighted by Gasteiger charge is 2.38. The summed E-state index contributed by atoms with van der Waals surface area (Å²) >= 11 is 6.24. The summed E-state index contributed by atoms with van der Waals surface area (Å²) in [6.07, 6.45) is 2.36. The lowest BCUT2D eigenvalue weighted by atomic mass is 9.81. The van der Waals surface area contributed by atoms with E-state index < -0.39 is 11.5 Å². The average Bonchev–Trinajstić information content (AvgIpc) is 2.56. The second-order valence-electron chi connectivity index (χ2n) is 4.78. The Labute approximate surface area is 132 Å². The number of aromatic nitrogens is 2. The molecule has 3 nitrogen and oxygen atoms in total. The number of nitrogens with zero attached hydrogens (tertiary/aromatic N) is 2. The van der Waals surface area contributed by atoms with Crippen LogP contribution >= 0.6 is 11.6 Å². The summed E-state index contributed by atoms with van der Waals surface area (Å²) in [6, 6.07) is 15.5. The molecule has 2 aromatic carbocycles. The predicted octanol–water partition coefficient (Wildman–Crippen LogP) is 3.55. The molecule has 0 aliphatic carbocycles. The summed E-state index contributed by atoms with van der Waals surface area (Å²) in [5, 5.41) is 11.7. The van der Waals surface area contributed by atoms with Gasteiger partial charge in [-0.05, 0) is 11.6 Å². The van der Waals surface area contributed by atoms with Gasteiger partial charge in [-0.1, -0.05) is 60.1 Å². The van der Waals surface area contributed by atoms with Crippen molar-refractivity contribution in [3.05, 3.63) is 94.8 Å². The average molecular weight is 315 g/mol. The van der Waals surface area contributed by atoms with Crippen LogP contribution in [0, 0.1) is 5.95 Å². The number of benzene rings is 2. The van der Waals surface area contributed by atoms with E-state index in [0.717, 1.165) is 6.33 Å². The van der Waals surface area contributed by atoms with Crippen LogP contribution in [-0.2, 0) is 5.60 Å². The lowest BCUT2D eigenvalue weighted by molar-refractivity contribution is 0.119. The van der Waals surface area contributed by atoms with Crippen LogP contribution in [0.15, 0.2) is 67.1 Å². The highest BCUT2D eigenvalue weighted by atomic mass is 35.5. The smallest absolute Gasteiger partial charge is 0.222 e. The van der Waals surface area contributed by atoms with Gasteiger partial charge in [-0.3, -0.25) is 0 Å². The van der Waals surface area contributed by atoms with Crippen molar-refractivity contribution in [2.75, 3.05) is 0 Å². The number of hydrogen-bond donors (Lipinski definition) is 1. The van der Waals surface area contributed by atoms with Crippen molar-refractivity contribution >= 4 is 11.6 Å². The first kappa shape index (κ1) is 14.6. The van der Waals surface area contributed by atoms with Crippen molar-refractivity contribution in [3.63, 3.8) is 0 Å². The van der Waals surface area contributed by atoms with Crippen LogP contribution < -0.4 is 0 Å². The molecule has 0 aliphatic heterocycles. The van der Waals surface area contributed by atoms with Crippen LogP contribution in [0.1, 0.15) is 16.7 Å². The maximum Gasteiger partial charge on any atom is 0.222 e. The van der Waals surface area contributed by atoms with E-state index in [4.69, 9.17) is 11.6 Å². The van der Waals surface area contributed by atoms with Crippen LogP contribution in [0.5, 0.6) is 0 Å². The molecule has 0 aliphatic rings. The van der Waals surface area contributed by atoms with Crippen molar-refractivity contribution in [1.29, 1.82) is 0 Å². The molecule has 5 heteroatoms. The maximum atomic E-state index is 14.2.